The first-order valence-corrected chi connectivity index (χ1v) is 16.1. The highest BCUT2D eigenvalue weighted by molar-refractivity contribution is 6.74. The third-order valence-corrected chi connectivity index (χ3v) is 11.4. The van der Waals surface area contributed by atoms with Crippen molar-refractivity contribution in [1.82, 2.24) is 0 Å². The molecule has 4 atom stereocenters. The van der Waals surface area contributed by atoms with E-state index in [0.717, 1.165) is 32.1 Å². The molecule has 0 rings (SSSR count). The van der Waals surface area contributed by atoms with Crippen molar-refractivity contribution in [3.63, 3.8) is 0 Å². The number of rotatable bonds is 23. The molecule has 8 heteroatoms. The summed E-state index contributed by atoms with van der Waals surface area (Å²) in [6.07, 6.45) is 10.5. The van der Waals surface area contributed by atoms with E-state index in [9.17, 15) is 0 Å². The van der Waals surface area contributed by atoms with Gasteiger partial charge in [0.1, 0.15) is 26.5 Å². The number of methoxy groups -OCH3 is 3. The molecule has 0 saturated heterocycles. The van der Waals surface area contributed by atoms with E-state index in [0.29, 0.717) is 6.79 Å². The first-order chi connectivity index (χ1) is 16.5. The van der Waals surface area contributed by atoms with Crippen molar-refractivity contribution in [2.24, 2.45) is 0 Å². The summed E-state index contributed by atoms with van der Waals surface area (Å²) < 4.78 is 39.4. The van der Waals surface area contributed by atoms with Gasteiger partial charge in [-0.1, -0.05) is 65.4 Å². The molecule has 0 aromatic carbocycles. The van der Waals surface area contributed by atoms with Crippen molar-refractivity contribution >= 4 is 8.32 Å². The van der Waals surface area contributed by atoms with Crippen LogP contribution in [-0.4, -0.2) is 74.4 Å². The van der Waals surface area contributed by atoms with Gasteiger partial charge in [0.15, 0.2) is 8.32 Å². The Balaban J connectivity index is 4.38. The molecule has 7 nitrogen and oxygen atoms in total. The van der Waals surface area contributed by atoms with Gasteiger partial charge in [0, 0.05) is 21.3 Å². The van der Waals surface area contributed by atoms with Gasteiger partial charge in [-0.05, 0) is 37.9 Å². The second-order valence-electron chi connectivity index (χ2n) is 10.8. The maximum absolute atomic E-state index is 6.59. The minimum atomic E-state index is -1.84. The summed E-state index contributed by atoms with van der Waals surface area (Å²) in [7, 11) is 3.07. The lowest BCUT2D eigenvalue weighted by Crippen LogP contribution is -2.46. The molecule has 35 heavy (non-hydrogen) atoms. The van der Waals surface area contributed by atoms with Crippen molar-refractivity contribution < 1.29 is 32.8 Å². The molecule has 0 heterocycles. The predicted molar refractivity (Wildman–Crippen MR) is 145 cm³/mol. The Labute approximate surface area is 217 Å². The highest BCUT2D eigenvalue weighted by Crippen LogP contribution is 2.38. The fourth-order valence-electron chi connectivity index (χ4n) is 3.70. The monoisotopic (exact) mass is 520 g/mol. The molecule has 0 amide bonds. The Morgan fingerprint density at radius 3 is 1.60 bits per heavy atom. The average molecular weight is 521 g/mol. The lowest BCUT2D eigenvalue weighted by Gasteiger charge is -2.40. The predicted octanol–water partition coefficient (Wildman–Crippen LogP) is 6.67. The van der Waals surface area contributed by atoms with Gasteiger partial charge in [-0.3, -0.25) is 0 Å². The number of hydrogen-bond donors (Lipinski definition) is 0. The Kier molecular flexibility index (Phi) is 19.6. The van der Waals surface area contributed by atoms with Gasteiger partial charge in [-0.2, -0.15) is 0 Å². The van der Waals surface area contributed by atoms with Crippen LogP contribution in [0.1, 0.15) is 79.1 Å². The fourth-order valence-corrected chi connectivity index (χ4v) is 5.13. The van der Waals surface area contributed by atoms with Crippen LogP contribution in [0.3, 0.4) is 0 Å². The minimum absolute atomic E-state index is 0.0608. The molecule has 0 N–H and O–H groups in total. The quantitative estimate of drug-likeness (QED) is 0.0645. The molecule has 0 aromatic heterocycles. The summed E-state index contributed by atoms with van der Waals surface area (Å²) >= 11 is 0. The van der Waals surface area contributed by atoms with E-state index >= 15 is 0 Å². The molecule has 0 spiro atoms. The van der Waals surface area contributed by atoms with E-state index in [4.69, 9.17) is 32.8 Å². The number of unbranched alkanes of at least 4 members (excludes halogenated alkanes) is 5. The first-order valence-electron chi connectivity index (χ1n) is 13.2. The normalized spacial score (nSPS) is 16.1. The zero-order valence-corrected chi connectivity index (χ0v) is 25.2. The molecule has 0 fully saturated rings. The first kappa shape index (κ1) is 34.7. The highest BCUT2D eigenvalue weighted by Gasteiger charge is 2.39. The fraction of sp³-hybridized carbons (Fsp3) is 0.926. The van der Waals surface area contributed by atoms with Crippen LogP contribution in [-0.2, 0) is 32.8 Å². The van der Waals surface area contributed by atoms with Crippen LogP contribution in [0.25, 0.3) is 0 Å². The highest BCUT2D eigenvalue weighted by atomic mass is 28.4. The topological polar surface area (TPSA) is 64.6 Å². The molecule has 0 bridgehead atoms. The molecular weight excluding hydrogens is 464 g/mol. The summed E-state index contributed by atoms with van der Waals surface area (Å²) in [5.74, 6) is 0. The Morgan fingerprint density at radius 2 is 1.14 bits per heavy atom. The molecule has 0 radical (unpaired) electrons. The van der Waals surface area contributed by atoms with E-state index in [1.54, 1.807) is 27.4 Å². The largest absolute Gasteiger partial charge is 0.412 e. The minimum Gasteiger partial charge on any atom is -0.412 e. The molecular formula is C27H56O7Si. The van der Waals surface area contributed by atoms with Gasteiger partial charge in [0.05, 0.1) is 18.3 Å². The van der Waals surface area contributed by atoms with Crippen LogP contribution >= 0.6 is 0 Å². The van der Waals surface area contributed by atoms with Crippen molar-refractivity contribution in [3.05, 3.63) is 12.7 Å². The molecule has 210 valence electrons. The number of hydrogen-bond acceptors (Lipinski definition) is 7. The van der Waals surface area contributed by atoms with Crippen molar-refractivity contribution in [2.75, 3.05) is 41.7 Å². The summed E-state index contributed by atoms with van der Waals surface area (Å²) in [4.78, 5) is 0. The molecule has 1 unspecified atom stereocenters. The van der Waals surface area contributed by atoms with Crippen LogP contribution < -0.4 is 0 Å². The second kappa shape index (κ2) is 19.7. The van der Waals surface area contributed by atoms with Crippen LogP contribution in [0, 0.1) is 0 Å². The average Bonchev–Trinajstić information content (AvgIpc) is 2.79. The second-order valence-corrected chi connectivity index (χ2v) is 15.5. The van der Waals surface area contributed by atoms with Crippen LogP contribution in [0.5, 0.6) is 0 Å². The van der Waals surface area contributed by atoms with Gasteiger partial charge < -0.3 is 32.8 Å². The third kappa shape index (κ3) is 15.5. The lowest BCUT2D eigenvalue weighted by molar-refractivity contribution is -0.145. The summed E-state index contributed by atoms with van der Waals surface area (Å²) in [6.45, 7) is 18.2. The van der Waals surface area contributed by atoms with Crippen molar-refractivity contribution in [1.29, 1.82) is 0 Å². The van der Waals surface area contributed by atoms with E-state index in [-0.39, 0.29) is 43.0 Å². The summed E-state index contributed by atoms with van der Waals surface area (Å²) in [5.41, 5.74) is 0. The Hall–Kier alpha value is -0.323. The zero-order valence-electron chi connectivity index (χ0n) is 24.2. The Morgan fingerprint density at radius 1 is 0.714 bits per heavy atom. The maximum atomic E-state index is 6.59. The lowest BCUT2D eigenvalue weighted by atomic mass is 10.0. The zero-order chi connectivity index (χ0) is 26.7. The van der Waals surface area contributed by atoms with E-state index in [2.05, 4.69) is 47.4 Å². The molecule has 0 aliphatic carbocycles. The number of ether oxygens (including phenoxy) is 6. The van der Waals surface area contributed by atoms with Gasteiger partial charge in [0.25, 0.3) is 0 Å². The van der Waals surface area contributed by atoms with Crippen LogP contribution in [0.2, 0.25) is 18.1 Å². The van der Waals surface area contributed by atoms with Gasteiger partial charge in [-0.15, -0.1) is 6.58 Å². The van der Waals surface area contributed by atoms with Gasteiger partial charge in [0.2, 0.25) is 0 Å². The SMILES string of the molecule is C=CC(OCOC)[C@H](CCCCCCCC[C@H](OCOC)[C@@H](C)O[Si](C)(C)C(C)(C)C)OCOC. The standard InChI is InChI=1S/C27H56O7Si/c1-11-24(31-20-28-6)26(33-22-30-8)19-17-15-13-12-14-16-18-25(32-21-29-7)23(2)34-35(9,10)27(3,4)5/h11,23-26H,1,12-22H2,2-10H3/t23-,24?,25+,26+/m1/s1. The van der Waals surface area contributed by atoms with Crippen molar-refractivity contribution in [2.45, 2.75) is 122 Å². The maximum Gasteiger partial charge on any atom is 0.192 e. The summed E-state index contributed by atoms with van der Waals surface area (Å²) in [6, 6.07) is 0. The van der Waals surface area contributed by atoms with Crippen LogP contribution in [0.15, 0.2) is 12.7 Å². The third-order valence-electron chi connectivity index (χ3n) is 6.81. The molecule has 0 saturated carbocycles. The van der Waals surface area contributed by atoms with Gasteiger partial charge >= 0.3 is 0 Å². The summed E-state index contributed by atoms with van der Waals surface area (Å²) in [5, 5.41) is 0.183. The van der Waals surface area contributed by atoms with E-state index < -0.39 is 8.32 Å². The molecule has 0 aliphatic rings. The van der Waals surface area contributed by atoms with E-state index in [1.807, 2.05) is 0 Å². The molecule has 0 aromatic rings. The smallest absolute Gasteiger partial charge is 0.192 e. The van der Waals surface area contributed by atoms with Gasteiger partial charge in [-0.25, -0.2) is 0 Å². The van der Waals surface area contributed by atoms with E-state index in [1.165, 1.54) is 19.3 Å². The molecule has 0 aliphatic heterocycles. The van der Waals surface area contributed by atoms with Crippen LogP contribution in [0.4, 0.5) is 0 Å². The van der Waals surface area contributed by atoms with Crippen molar-refractivity contribution in [3.8, 4) is 0 Å². The Bertz CT molecular complexity index is 510.